The molecule has 3 nitrogen and oxygen atoms in total. The van der Waals surface area contributed by atoms with Crippen LogP contribution in [0.2, 0.25) is 0 Å². The number of benzene rings is 2. The third-order valence-electron chi connectivity index (χ3n) is 3.68. The number of para-hydroxylation sites is 1. The summed E-state index contributed by atoms with van der Waals surface area (Å²) in [5.41, 5.74) is 3.65. The minimum absolute atomic E-state index is 0.299. The van der Waals surface area contributed by atoms with Crippen molar-refractivity contribution in [3.63, 3.8) is 0 Å². The van der Waals surface area contributed by atoms with Gasteiger partial charge in [0.15, 0.2) is 12.7 Å². The van der Waals surface area contributed by atoms with Crippen molar-refractivity contribution in [2.24, 2.45) is 0 Å². The van der Waals surface area contributed by atoms with E-state index < -0.39 is 0 Å². The number of ether oxygens (including phenoxy) is 1. The lowest BCUT2D eigenvalue weighted by Crippen LogP contribution is -2.34. The van der Waals surface area contributed by atoms with Gasteiger partial charge in [-0.15, -0.1) is 0 Å². The van der Waals surface area contributed by atoms with Gasteiger partial charge < -0.3 is 4.74 Å². The first-order valence-electron chi connectivity index (χ1n) is 7.28. The van der Waals surface area contributed by atoms with Gasteiger partial charge in [-0.25, -0.2) is 0 Å². The van der Waals surface area contributed by atoms with Gasteiger partial charge in [0, 0.05) is 30.0 Å². The first kappa shape index (κ1) is 14.3. The monoisotopic (exact) mass is 292 g/mol. The van der Waals surface area contributed by atoms with E-state index in [1.165, 1.54) is 23.4 Å². The van der Waals surface area contributed by atoms with E-state index >= 15 is 0 Å². The third kappa shape index (κ3) is 2.98. The molecule has 0 amide bonds. The molecule has 0 atom stereocenters. The number of fused-ring (bicyclic) bond motifs is 1. The Morgan fingerprint density at radius 1 is 1.05 bits per heavy atom. The van der Waals surface area contributed by atoms with E-state index in [1.807, 2.05) is 24.3 Å². The lowest BCUT2D eigenvalue weighted by molar-refractivity contribution is -0.662. The number of aryl methyl sites for hydroxylation is 1. The molecule has 0 radical (unpaired) electrons. The zero-order valence-corrected chi connectivity index (χ0v) is 12.7. The Morgan fingerprint density at radius 2 is 1.77 bits per heavy atom. The molecule has 0 spiro atoms. The predicted octanol–water partition coefficient (Wildman–Crippen LogP) is 3.41. The average molecular weight is 292 g/mol. The van der Waals surface area contributed by atoms with Crippen LogP contribution in [0.4, 0.5) is 0 Å². The molecule has 22 heavy (non-hydrogen) atoms. The van der Waals surface area contributed by atoms with E-state index in [-0.39, 0.29) is 5.97 Å². The summed E-state index contributed by atoms with van der Waals surface area (Å²) in [6.07, 6.45) is 2.11. The Kier molecular flexibility index (Phi) is 3.88. The van der Waals surface area contributed by atoms with Crippen molar-refractivity contribution in [3.05, 3.63) is 71.9 Å². The standard InChI is InChI=1S/C19H18NO2/c1-14-11-12-20(19-6-4-3-5-18(14)19)13-16-7-9-17(10-8-16)22-15(2)21/h3-12H,13H2,1-2H3/q+1. The number of rotatable bonds is 3. The second-order valence-electron chi connectivity index (χ2n) is 5.38. The Labute approximate surface area is 129 Å². The quantitative estimate of drug-likeness (QED) is 0.421. The van der Waals surface area contributed by atoms with Gasteiger partial charge in [-0.2, -0.15) is 4.57 Å². The lowest BCUT2D eigenvalue weighted by Gasteiger charge is -2.05. The van der Waals surface area contributed by atoms with Crippen molar-refractivity contribution < 1.29 is 14.1 Å². The molecular weight excluding hydrogens is 274 g/mol. The maximum absolute atomic E-state index is 10.9. The van der Waals surface area contributed by atoms with E-state index in [4.69, 9.17) is 4.74 Å². The van der Waals surface area contributed by atoms with Gasteiger partial charge >= 0.3 is 5.97 Å². The van der Waals surface area contributed by atoms with E-state index in [0.29, 0.717) is 5.75 Å². The fourth-order valence-electron chi connectivity index (χ4n) is 2.59. The van der Waals surface area contributed by atoms with Crippen LogP contribution >= 0.6 is 0 Å². The van der Waals surface area contributed by atoms with E-state index in [0.717, 1.165) is 12.1 Å². The second kappa shape index (κ2) is 5.98. The fraction of sp³-hybridized carbons (Fsp3) is 0.158. The van der Waals surface area contributed by atoms with Crippen LogP contribution < -0.4 is 9.30 Å². The van der Waals surface area contributed by atoms with Gasteiger partial charge in [-0.05, 0) is 42.8 Å². The summed E-state index contributed by atoms with van der Waals surface area (Å²) in [6.45, 7) is 4.31. The summed E-state index contributed by atoms with van der Waals surface area (Å²) in [5.74, 6) is 0.279. The molecule has 0 saturated heterocycles. The SMILES string of the molecule is CC(=O)Oc1ccc(C[n+]2ccc(C)c3ccccc32)cc1. The molecule has 0 aliphatic heterocycles. The number of nitrogens with zero attached hydrogens (tertiary/aromatic N) is 1. The first-order valence-corrected chi connectivity index (χ1v) is 7.28. The molecule has 3 aromatic rings. The summed E-state index contributed by atoms with van der Waals surface area (Å²) >= 11 is 0. The molecule has 3 heteroatoms. The summed E-state index contributed by atoms with van der Waals surface area (Å²) in [4.78, 5) is 10.9. The van der Waals surface area contributed by atoms with E-state index in [9.17, 15) is 4.79 Å². The molecule has 2 aromatic carbocycles. The number of hydrogen-bond donors (Lipinski definition) is 0. The highest BCUT2D eigenvalue weighted by Gasteiger charge is 2.11. The molecular formula is C19H18NO2+. The van der Waals surface area contributed by atoms with Gasteiger partial charge in [0.2, 0.25) is 5.52 Å². The minimum Gasteiger partial charge on any atom is -0.427 e. The molecule has 0 unspecified atom stereocenters. The summed E-state index contributed by atoms with van der Waals surface area (Å²) in [6, 6.07) is 18.2. The zero-order valence-electron chi connectivity index (χ0n) is 12.7. The maximum Gasteiger partial charge on any atom is 0.308 e. The summed E-state index contributed by atoms with van der Waals surface area (Å²) in [7, 11) is 0. The highest BCUT2D eigenvalue weighted by atomic mass is 16.5. The number of carbonyl (C=O) groups is 1. The molecule has 1 heterocycles. The number of aromatic nitrogens is 1. The van der Waals surface area contributed by atoms with Crippen LogP contribution in [0, 0.1) is 6.92 Å². The van der Waals surface area contributed by atoms with Crippen LogP contribution in [-0.4, -0.2) is 5.97 Å². The van der Waals surface area contributed by atoms with Crippen LogP contribution in [0.3, 0.4) is 0 Å². The highest BCUT2D eigenvalue weighted by molar-refractivity contribution is 5.78. The molecule has 110 valence electrons. The fourth-order valence-corrected chi connectivity index (χ4v) is 2.59. The smallest absolute Gasteiger partial charge is 0.308 e. The predicted molar refractivity (Wildman–Crippen MR) is 85.7 cm³/mol. The summed E-state index contributed by atoms with van der Waals surface area (Å²) < 4.78 is 7.29. The molecule has 0 aliphatic carbocycles. The van der Waals surface area contributed by atoms with Crippen LogP contribution in [0.25, 0.3) is 10.9 Å². The number of hydrogen-bond acceptors (Lipinski definition) is 2. The molecule has 0 saturated carbocycles. The number of pyridine rings is 1. The lowest BCUT2D eigenvalue weighted by atomic mass is 10.1. The molecule has 0 aliphatic rings. The van der Waals surface area contributed by atoms with Crippen LogP contribution in [0.5, 0.6) is 5.75 Å². The first-order chi connectivity index (χ1) is 10.6. The number of esters is 1. The molecule has 0 bridgehead atoms. The topological polar surface area (TPSA) is 30.2 Å². The Balaban J connectivity index is 1.90. The molecule has 3 rings (SSSR count). The minimum atomic E-state index is -0.299. The largest absolute Gasteiger partial charge is 0.427 e. The molecule has 0 fully saturated rings. The van der Waals surface area contributed by atoms with Crippen molar-refractivity contribution in [2.75, 3.05) is 0 Å². The van der Waals surface area contributed by atoms with Crippen molar-refractivity contribution in [2.45, 2.75) is 20.4 Å². The molecule has 0 N–H and O–H groups in total. The number of carbonyl (C=O) groups excluding carboxylic acids is 1. The van der Waals surface area contributed by atoms with Gasteiger partial charge in [0.1, 0.15) is 5.75 Å². The Hall–Kier alpha value is -2.68. The van der Waals surface area contributed by atoms with E-state index in [2.05, 4.69) is 48.0 Å². The van der Waals surface area contributed by atoms with Crippen molar-refractivity contribution in [3.8, 4) is 5.75 Å². The van der Waals surface area contributed by atoms with Crippen LogP contribution in [0.1, 0.15) is 18.1 Å². The normalized spacial score (nSPS) is 10.6. The summed E-state index contributed by atoms with van der Waals surface area (Å²) in [5, 5.41) is 1.27. The Morgan fingerprint density at radius 3 is 2.50 bits per heavy atom. The van der Waals surface area contributed by atoms with Crippen molar-refractivity contribution >= 4 is 16.9 Å². The van der Waals surface area contributed by atoms with Gasteiger partial charge in [0.25, 0.3) is 0 Å². The Bertz CT molecular complexity index is 822. The van der Waals surface area contributed by atoms with E-state index in [1.54, 1.807) is 0 Å². The maximum atomic E-state index is 10.9. The van der Waals surface area contributed by atoms with Gasteiger partial charge in [-0.3, -0.25) is 4.79 Å². The second-order valence-corrected chi connectivity index (χ2v) is 5.38. The van der Waals surface area contributed by atoms with Gasteiger partial charge in [-0.1, -0.05) is 12.1 Å². The average Bonchev–Trinajstić information content (AvgIpc) is 2.52. The zero-order chi connectivity index (χ0) is 15.5. The molecule has 1 aromatic heterocycles. The van der Waals surface area contributed by atoms with Crippen molar-refractivity contribution in [1.29, 1.82) is 0 Å². The van der Waals surface area contributed by atoms with Crippen molar-refractivity contribution in [1.82, 2.24) is 0 Å². The van der Waals surface area contributed by atoms with Gasteiger partial charge in [0.05, 0.1) is 0 Å². The van der Waals surface area contributed by atoms with Crippen LogP contribution in [-0.2, 0) is 11.3 Å². The highest BCUT2D eigenvalue weighted by Crippen LogP contribution is 2.16. The third-order valence-corrected chi connectivity index (χ3v) is 3.68. The van der Waals surface area contributed by atoms with Crippen LogP contribution in [0.15, 0.2) is 60.8 Å².